The quantitative estimate of drug-likeness (QED) is 0.555. The highest BCUT2D eigenvalue weighted by Crippen LogP contribution is 2.30. The zero-order valence-electron chi connectivity index (χ0n) is 13.7. The predicted octanol–water partition coefficient (Wildman–Crippen LogP) is 4.30. The van der Waals surface area contributed by atoms with E-state index in [1.54, 1.807) is 42.5 Å². The van der Waals surface area contributed by atoms with E-state index in [-0.39, 0.29) is 11.0 Å². The molecule has 6 heteroatoms. The van der Waals surface area contributed by atoms with Gasteiger partial charge in [0, 0.05) is 16.5 Å². The molecule has 1 fully saturated rings. The zero-order chi connectivity index (χ0) is 18.3. The molecule has 0 bridgehead atoms. The fraction of sp³-hybridized carbons (Fsp3) is 0.0500. The van der Waals surface area contributed by atoms with Gasteiger partial charge < -0.3 is 4.42 Å². The largest absolute Gasteiger partial charge is 0.452 e. The van der Waals surface area contributed by atoms with Crippen LogP contribution in [-0.2, 0) is 4.79 Å². The third kappa shape index (κ3) is 2.84. The Morgan fingerprint density at radius 2 is 1.88 bits per heavy atom. The van der Waals surface area contributed by atoms with Gasteiger partial charge >= 0.3 is 0 Å². The van der Waals surface area contributed by atoms with E-state index in [4.69, 9.17) is 4.42 Å². The first kappa shape index (κ1) is 16.4. The van der Waals surface area contributed by atoms with Gasteiger partial charge in [-0.2, -0.15) is 0 Å². The van der Waals surface area contributed by atoms with E-state index in [1.807, 2.05) is 19.1 Å². The normalized spacial score (nSPS) is 15.7. The highest BCUT2D eigenvalue weighted by Gasteiger charge is 2.25. The highest BCUT2D eigenvalue weighted by molar-refractivity contribution is 8.18. The number of amides is 2. The van der Waals surface area contributed by atoms with E-state index in [0.29, 0.717) is 21.8 Å². The van der Waals surface area contributed by atoms with E-state index < -0.39 is 5.91 Å². The molecule has 1 N–H and O–H groups in total. The molecule has 0 atom stereocenters. The maximum Gasteiger partial charge on any atom is 0.290 e. The summed E-state index contributed by atoms with van der Waals surface area (Å²) in [6.45, 7) is 1.83. The van der Waals surface area contributed by atoms with E-state index in [0.717, 1.165) is 28.3 Å². The summed E-state index contributed by atoms with van der Waals surface area (Å²) in [5, 5.41) is 2.65. The SMILES string of the molecule is Cc1c(C(=O)c2ccccc2)oc2ccc(/C=C3\SC(=O)NC3=O)cc12. The standard InChI is InChI=1S/C20H13NO4S/c1-11-14-9-12(10-16-19(23)21-20(24)26-16)7-8-15(14)25-18(11)17(22)13-5-3-2-4-6-13/h2-10H,1H3,(H,21,23,24)/b16-10-. The Morgan fingerprint density at radius 3 is 2.58 bits per heavy atom. The maximum absolute atomic E-state index is 12.7. The second-order valence-electron chi connectivity index (χ2n) is 5.86. The van der Waals surface area contributed by atoms with Crippen LogP contribution in [0.2, 0.25) is 0 Å². The summed E-state index contributed by atoms with van der Waals surface area (Å²) in [7, 11) is 0. The van der Waals surface area contributed by atoms with Gasteiger partial charge in [-0.05, 0) is 42.5 Å². The van der Waals surface area contributed by atoms with Crippen molar-refractivity contribution in [2.45, 2.75) is 6.92 Å². The monoisotopic (exact) mass is 363 g/mol. The molecule has 0 radical (unpaired) electrons. The number of imide groups is 1. The summed E-state index contributed by atoms with van der Waals surface area (Å²) in [6, 6.07) is 14.4. The van der Waals surface area contributed by atoms with Crippen LogP contribution in [0.5, 0.6) is 0 Å². The molecule has 1 aliphatic rings. The van der Waals surface area contributed by atoms with E-state index in [9.17, 15) is 14.4 Å². The number of fused-ring (bicyclic) bond motifs is 1. The number of thioether (sulfide) groups is 1. The average Bonchev–Trinajstić information content (AvgIpc) is 3.14. The van der Waals surface area contributed by atoms with E-state index in [1.165, 1.54) is 0 Å². The molecule has 3 aromatic rings. The van der Waals surface area contributed by atoms with Gasteiger partial charge in [0.1, 0.15) is 5.58 Å². The lowest BCUT2D eigenvalue weighted by Gasteiger charge is -1.98. The van der Waals surface area contributed by atoms with Gasteiger partial charge in [0.25, 0.3) is 11.1 Å². The zero-order valence-corrected chi connectivity index (χ0v) is 14.6. The van der Waals surface area contributed by atoms with Gasteiger partial charge in [-0.25, -0.2) is 0 Å². The van der Waals surface area contributed by atoms with Crippen molar-refractivity contribution >= 4 is 45.7 Å². The second-order valence-corrected chi connectivity index (χ2v) is 6.87. The van der Waals surface area contributed by atoms with Crippen LogP contribution in [-0.4, -0.2) is 16.9 Å². The molecule has 1 aliphatic heterocycles. The van der Waals surface area contributed by atoms with Gasteiger partial charge in [-0.1, -0.05) is 36.4 Å². The number of ketones is 1. The average molecular weight is 363 g/mol. The number of hydrogen-bond acceptors (Lipinski definition) is 5. The third-order valence-electron chi connectivity index (χ3n) is 4.14. The van der Waals surface area contributed by atoms with Crippen LogP contribution >= 0.6 is 11.8 Å². The number of hydrogen-bond donors (Lipinski definition) is 1. The van der Waals surface area contributed by atoms with Crippen molar-refractivity contribution in [2.24, 2.45) is 0 Å². The Balaban J connectivity index is 1.75. The molecule has 26 heavy (non-hydrogen) atoms. The highest BCUT2D eigenvalue weighted by atomic mass is 32.2. The Bertz CT molecular complexity index is 1100. The summed E-state index contributed by atoms with van der Waals surface area (Å²) in [5.41, 5.74) is 2.67. The first-order valence-corrected chi connectivity index (χ1v) is 8.72. The molecule has 5 nitrogen and oxygen atoms in total. The molecule has 1 aromatic heterocycles. The lowest BCUT2D eigenvalue weighted by Crippen LogP contribution is -2.17. The number of furan rings is 1. The van der Waals surface area contributed by atoms with Crippen LogP contribution in [0.3, 0.4) is 0 Å². The number of nitrogens with one attached hydrogen (secondary N) is 1. The van der Waals surface area contributed by atoms with Crippen molar-refractivity contribution in [1.29, 1.82) is 0 Å². The summed E-state index contributed by atoms with van der Waals surface area (Å²) in [5.74, 6) is -0.265. The fourth-order valence-corrected chi connectivity index (χ4v) is 3.52. The molecular formula is C20H13NO4S. The van der Waals surface area contributed by atoms with Crippen LogP contribution in [0.15, 0.2) is 57.9 Å². The van der Waals surface area contributed by atoms with Crippen molar-refractivity contribution < 1.29 is 18.8 Å². The van der Waals surface area contributed by atoms with Crippen molar-refractivity contribution in [1.82, 2.24) is 5.32 Å². The van der Waals surface area contributed by atoms with Crippen LogP contribution < -0.4 is 5.32 Å². The summed E-state index contributed by atoms with van der Waals surface area (Å²) < 4.78 is 5.77. The van der Waals surface area contributed by atoms with Gasteiger partial charge in [0.2, 0.25) is 5.78 Å². The maximum atomic E-state index is 12.7. The molecule has 0 spiro atoms. The van der Waals surface area contributed by atoms with E-state index >= 15 is 0 Å². The van der Waals surface area contributed by atoms with Crippen LogP contribution in [0.1, 0.15) is 27.2 Å². The number of benzene rings is 2. The molecule has 128 valence electrons. The van der Waals surface area contributed by atoms with E-state index in [2.05, 4.69) is 5.32 Å². The van der Waals surface area contributed by atoms with Gasteiger partial charge in [-0.15, -0.1) is 0 Å². The van der Waals surface area contributed by atoms with Gasteiger partial charge in [0.15, 0.2) is 5.76 Å². The number of carbonyl (C=O) groups excluding carboxylic acids is 3. The molecule has 4 rings (SSSR count). The number of carbonyl (C=O) groups is 3. The van der Waals surface area contributed by atoms with Crippen molar-refractivity contribution in [3.63, 3.8) is 0 Å². The molecule has 0 unspecified atom stereocenters. The molecule has 0 aliphatic carbocycles. The summed E-state index contributed by atoms with van der Waals surface area (Å²) >= 11 is 0.869. The van der Waals surface area contributed by atoms with Crippen LogP contribution in [0, 0.1) is 6.92 Å². The fourth-order valence-electron chi connectivity index (χ4n) is 2.84. The lowest BCUT2D eigenvalue weighted by atomic mass is 10.0. The predicted molar refractivity (Wildman–Crippen MR) is 99.9 cm³/mol. The third-order valence-corrected chi connectivity index (χ3v) is 4.95. The molecular weight excluding hydrogens is 350 g/mol. The Labute approximate surface area is 153 Å². The summed E-state index contributed by atoms with van der Waals surface area (Å²) in [4.78, 5) is 36.0. The summed E-state index contributed by atoms with van der Waals surface area (Å²) in [6.07, 6.45) is 1.65. The Hall–Kier alpha value is -3.12. The van der Waals surface area contributed by atoms with Crippen LogP contribution in [0.25, 0.3) is 17.0 Å². The Morgan fingerprint density at radius 1 is 1.12 bits per heavy atom. The lowest BCUT2D eigenvalue weighted by molar-refractivity contribution is -0.115. The second kappa shape index (κ2) is 6.31. The molecule has 2 aromatic carbocycles. The first-order valence-electron chi connectivity index (χ1n) is 7.90. The minimum atomic E-state index is -0.399. The number of aryl methyl sites for hydroxylation is 1. The van der Waals surface area contributed by atoms with Crippen molar-refractivity contribution in [2.75, 3.05) is 0 Å². The van der Waals surface area contributed by atoms with Crippen molar-refractivity contribution in [3.05, 3.63) is 75.9 Å². The topological polar surface area (TPSA) is 76.4 Å². The Kier molecular flexibility index (Phi) is 3.97. The van der Waals surface area contributed by atoms with Crippen LogP contribution in [0.4, 0.5) is 4.79 Å². The smallest absolute Gasteiger partial charge is 0.290 e. The molecule has 2 heterocycles. The van der Waals surface area contributed by atoms with Gasteiger partial charge in [-0.3, -0.25) is 19.7 Å². The molecule has 1 saturated heterocycles. The van der Waals surface area contributed by atoms with Gasteiger partial charge in [0.05, 0.1) is 4.91 Å². The minimum Gasteiger partial charge on any atom is -0.452 e. The van der Waals surface area contributed by atoms with Crippen molar-refractivity contribution in [3.8, 4) is 0 Å². The minimum absolute atomic E-state index is 0.171. The first-order chi connectivity index (χ1) is 12.5. The molecule has 2 amide bonds. The number of rotatable bonds is 3. The molecule has 0 saturated carbocycles.